The van der Waals surface area contributed by atoms with Gasteiger partial charge in [-0.2, -0.15) is 0 Å². The summed E-state index contributed by atoms with van der Waals surface area (Å²) >= 11 is 7.09. The number of nitrogens with one attached hydrogen (secondary N) is 1. The molecule has 0 amide bonds. The van der Waals surface area contributed by atoms with E-state index in [1.54, 1.807) is 31.4 Å². The average Bonchev–Trinajstić information content (AvgIpc) is 2.51. The van der Waals surface area contributed by atoms with Crippen molar-refractivity contribution in [2.75, 3.05) is 7.11 Å². The van der Waals surface area contributed by atoms with Crippen LogP contribution in [0, 0.1) is 0 Å². The lowest BCUT2D eigenvalue weighted by atomic mass is 10.2. The molecule has 0 aliphatic rings. The van der Waals surface area contributed by atoms with Crippen molar-refractivity contribution in [3.8, 4) is 11.5 Å². The van der Waals surface area contributed by atoms with E-state index in [0.717, 1.165) is 4.90 Å². The third-order valence-electron chi connectivity index (χ3n) is 3.17. The van der Waals surface area contributed by atoms with Crippen molar-refractivity contribution in [1.82, 2.24) is 4.98 Å². The van der Waals surface area contributed by atoms with Crippen LogP contribution in [-0.4, -0.2) is 17.2 Å². The summed E-state index contributed by atoms with van der Waals surface area (Å²) in [6.07, 6.45) is 0. The Balaban J connectivity index is 2.10. The highest BCUT2D eigenvalue weighted by Crippen LogP contribution is 2.37. The zero-order valence-corrected chi connectivity index (χ0v) is 13.2. The lowest BCUT2D eigenvalue weighted by molar-refractivity contribution is 0.413. The van der Waals surface area contributed by atoms with Crippen molar-refractivity contribution in [1.29, 1.82) is 0 Å². The smallest absolute Gasteiger partial charge is 0.266 e. The summed E-state index contributed by atoms with van der Waals surface area (Å²) in [5, 5.41) is 11.4. The van der Waals surface area contributed by atoms with Gasteiger partial charge < -0.3 is 14.8 Å². The van der Waals surface area contributed by atoms with Crippen LogP contribution < -0.4 is 10.3 Å². The number of hydrogen-bond donors (Lipinski definition) is 2. The van der Waals surface area contributed by atoms with Crippen LogP contribution in [-0.2, 0) is 0 Å². The van der Waals surface area contributed by atoms with Crippen LogP contribution in [0.5, 0.6) is 11.5 Å². The van der Waals surface area contributed by atoms with Crippen molar-refractivity contribution in [3.63, 3.8) is 0 Å². The lowest BCUT2D eigenvalue weighted by Gasteiger charge is -2.08. The van der Waals surface area contributed by atoms with E-state index in [1.807, 2.05) is 18.2 Å². The maximum atomic E-state index is 12.2. The molecule has 0 saturated carbocycles. The topological polar surface area (TPSA) is 62.3 Å². The number of aromatic hydroxyl groups is 1. The van der Waals surface area contributed by atoms with E-state index in [-0.39, 0.29) is 16.2 Å². The molecule has 2 aromatic carbocycles. The summed E-state index contributed by atoms with van der Waals surface area (Å²) in [7, 11) is 1.58. The minimum absolute atomic E-state index is 0.0526. The van der Waals surface area contributed by atoms with Crippen molar-refractivity contribution >= 4 is 34.3 Å². The fraction of sp³-hybridized carbons (Fsp3) is 0.0625. The predicted molar refractivity (Wildman–Crippen MR) is 88.4 cm³/mol. The molecule has 1 heterocycles. The van der Waals surface area contributed by atoms with Gasteiger partial charge in [-0.25, -0.2) is 0 Å². The van der Waals surface area contributed by atoms with Crippen molar-refractivity contribution in [3.05, 3.63) is 57.8 Å². The van der Waals surface area contributed by atoms with E-state index < -0.39 is 0 Å². The van der Waals surface area contributed by atoms with Crippen LogP contribution in [0.3, 0.4) is 0 Å². The SMILES string of the molecule is COc1cccc(Sc2c(O)c3ccc(Cl)cc3[nH]c2=O)c1. The number of aromatic nitrogens is 1. The highest BCUT2D eigenvalue weighted by atomic mass is 35.5. The van der Waals surface area contributed by atoms with Gasteiger partial charge in [0.1, 0.15) is 16.4 Å². The Morgan fingerprint density at radius 2 is 2.05 bits per heavy atom. The average molecular weight is 334 g/mol. The van der Waals surface area contributed by atoms with Crippen LogP contribution in [0.25, 0.3) is 10.9 Å². The molecule has 0 bridgehead atoms. The Labute approximate surface area is 135 Å². The maximum absolute atomic E-state index is 12.2. The molecule has 4 nitrogen and oxygen atoms in total. The number of halogens is 1. The summed E-state index contributed by atoms with van der Waals surface area (Å²) in [6.45, 7) is 0. The minimum atomic E-state index is -0.361. The minimum Gasteiger partial charge on any atom is -0.506 e. The fourth-order valence-electron chi connectivity index (χ4n) is 2.11. The largest absolute Gasteiger partial charge is 0.506 e. The first-order chi connectivity index (χ1) is 10.6. The van der Waals surface area contributed by atoms with E-state index in [0.29, 0.717) is 21.7 Å². The molecule has 0 atom stereocenters. The number of aromatic amines is 1. The standard InChI is InChI=1S/C16H12ClNO3S/c1-21-10-3-2-4-11(8-10)22-15-14(19)12-6-5-9(17)7-13(12)18-16(15)20/h2-8H,1H3,(H2,18,19,20). The molecule has 0 aliphatic heterocycles. The van der Waals surface area contributed by atoms with Crippen LogP contribution in [0.1, 0.15) is 0 Å². The number of pyridine rings is 1. The van der Waals surface area contributed by atoms with Gasteiger partial charge in [-0.15, -0.1) is 0 Å². The number of methoxy groups -OCH3 is 1. The summed E-state index contributed by atoms with van der Waals surface area (Å²) in [5.74, 6) is 0.636. The lowest BCUT2D eigenvalue weighted by Crippen LogP contribution is -2.08. The molecule has 0 unspecified atom stereocenters. The quantitative estimate of drug-likeness (QED) is 0.759. The Kier molecular flexibility index (Phi) is 4.00. The van der Waals surface area contributed by atoms with Gasteiger partial charge in [0.25, 0.3) is 5.56 Å². The number of rotatable bonds is 3. The summed E-state index contributed by atoms with van der Waals surface area (Å²) in [4.78, 5) is 16.0. The second-order valence-electron chi connectivity index (χ2n) is 4.60. The number of fused-ring (bicyclic) bond motifs is 1. The van der Waals surface area contributed by atoms with E-state index >= 15 is 0 Å². The first kappa shape index (κ1) is 14.8. The summed E-state index contributed by atoms with van der Waals surface area (Å²) < 4.78 is 5.16. The highest BCUT2D eigenvalue weighted by molar-refractivity contribution is 7.99. The molecule has 0 radical (unpaired) electrons. The van der Waals surface area contributed by atoms with E-state index in [1.165, 1.54) is 11.8 Å². The molecule has 0 saturated heterocycles. The Hall–Kier alpha value is -2.11. The molecule has 6 heteroatoms. The van der Waals surface area contributed by atoms with E-state index in [9.17, 15) is 9.90 Å². The molecule has 2 N–H and O–H groups in total. The Morgan fingerprint density at radius 3 is 2.82 bits per heavy atom. The summed E-state index contributed by atoms with van der Waals surface area (Å²) in [5.41, 5.74) is 0.144. The second-order valence-corrected chi connectivity index (χ2v) is 6.12. The molecular formula is C16H12ClNO3S. The molecule has 0 spiro atoms. The van der Waals surface area contributed by atoms with Gasteiger partial charge >= 0.3 is 0 Å². The number of ether oxygens (including phenoxy) is 1. The molecular weight excluding hydrogens is 322 g/mol. The molecule has 0 aliphatic carbocycles. The number of H-pyrrole nitrogens is 1. The predicted octanol–water partition coefficient (Wildman–Crippen LogP) is 4.05. The third-order valence-corrected chi connectivity index (χ3v) is 4.47. The number of hydrogen-bond acceptors (Lipinski definition) is 4. The molecule has 1 aromatic heterocycles. The van der Waals surface area contributed by atoms with Crippen LogP contribution in [0.15, 0.2) is 57.1 Å². The number of benzene rings is 2. The molecule has 3 rings (SSSR count). The van der Waals surface area contributed by atoms with Gasteiger partial charge in [0.05, 0.1) is 12.6 Å². The molecule has 0 fully saturated rings. The van der Waals surface area contributed by atoms with E-state index in [2.05, 4.69) is 4.98 Å². The Bertz CT molecular complexity index is 908. The van der Waals surface area contributed by atoms with Gasteiger partial charge in [-0.3, -0.25) is 4.79 Å². The molecule has 112 valence electrons. The van der Waals surface area contributed by atoms with Crippen LogP contribution in [0.4, 0.5) is 0 Å². The third kappa shape index (κ3) is 2.77. The first-order valence-corrected chi connectivity index (χ1v) is 7.64. The zero-order chi connectivity index (χ0) is 15.7. The van der Waals surface area contributed by atoms with Gasteiger partial charge in [-0.1, -0.05) is 29.4 Å². The van der Waals surface area contributed by atoms with Gasteiger partial charge in [0, 0.05) is 15.3 Å². The monoisotopic (exact) mass is 333 g/mol. The maximum Gasteiger partial charge on any atom is 0.266 e. The van der Waals surface area contributed by atoms with Gasteiger partial charge in [-0.05, 0) is 36.4 Å². The normalized spacial score (nSPS) is 10.8. The summed E-state index contributed by atoms with van der Waals surface area (Å²) in [6, 6.07) is 12.2. The zero-order valence-electron chi connectivity index (χ0n) is 11.6. The molecule has 22 heavy (non-hydrogen) atoms. The van der Waals surface area contributed by atoms with Crippen molar-refractivity contribution < 1.29 is 9.84 Å². The van der Waals surface area contributed by atoms with E-state index in [4.69, 9.17) is 16.3 Å². The molecule has 3 aromatic rings. The van der Waals surface area contributed by atoms with Crippen LogP contribution in [0.2, 0.25) is 5.02 Å². The fourth-order valence-corrected chi connectivity index (χ4v) is 3.19. The van der Waals surface area contributed by atoms with Crippen LogP contribution >= 0.6 is 23.4 Å². The van der Waals surface area contributed by atoms with Crippen molar-refractivity contribution in [2.45, 2.75) is 9.79 Å². The Morgan fingerprint density at radius 1 is 1.23 bits per heavy atom. The second kappa shape index (κ2) is 5.94. The van der Waals surface area contributed by atoms with Gasteiger partial charge in [0.2, 0.25) is 0 Å². The first-order valence-electron chi connectivity index (χ1n) is 6.45. The highest BCUT2D eigenvalue weighted by Gasteiger charge is 2.14. The van der Waals surface area contributed by atoms with Gasteiger partial charge in [0.15, 0.2) is 0 Å². The van der Waals surface area contributed by atoms with Crippen molar-refractivity contribution in [2.24, 2.45) is 0 Å².